The second kappa shape index (κ2) is 6.95. The molecule has 25 heavy (non-hydrogen) atoms. The number of rotatable bonds is 5. The molecule has 3 aromatic rings. The van der Waals surface area contributed by atoms with Crippen LogP contribution in [0.5, 0.6) is 0 Å². The van der Waals surface area contributed by atoms with E-state index >= 15 is 0 Å². The maximum atomic E-state index is 11.9. The molecule has 0 aliphatic carbocycles. The molecule has 1 aromatic carbocycles. The van der Waals surface area contributed by atoms with Crippen LogP contribution < -0.4 is 11.3 Å². The maximum absolute atomic E-state index is 11.9. The van der Waals surface area contributed by atoms with Crippen LogP contribution in [-0.2, 0) is 4.79 Å². The largest absolute Gasteiger partial charge is 0.361 e. The number of likely N-dealkylation sites (tertiary alicyclic amines) is 1. The van der Waals surface area contributed by atoms with Crippen molar-refractivity contribution < 1.29 is 4.79 Å². The number of nitrogens with two attached hydrogens (primary N) is 1. The van der Waals surface area contributed by atoms with Crippen LogP contribution in [0.3, 0.4) is 0 Å². The van der Waals surface area contributed by atoms with Gasteiger partial charge in [-0.05, 0) is 30.5 Å². The molecule has 2 atom stereocenters. The van der Waals surface area contributed by atoms with Crippen LogP contribution in [-0.4, -0.2) is 33.9 Å². The molecule has 4 N–H and O–H groups in total. The van der Waals surface area contributed by atoms with Gasteiger partial charge in [-0.1, -0.05) is 18.2 Å². The van der Waals surface area contributed by atoms with E-state index in [-0.39, 0.29) is 11.9 Å². The summed E-state index contributed by atoms with van der Waals surface area (Å²) >= 11 is 1.59. The molecule has 0 spiro atoms. The Kier molecular flexibility index (Phi) is 4.52. The van der Waals surface area contributed by atoms with Crippen LogP contribution in [0.15, 0.2) is 42.0 Å². The fourth-order valence-corrected chi connectivity index (χ4v) is 4.53. The normalized spacial score (nSPS) is 19.3. The number of nitrogens with zero attached hydrogens (tertiary/aromatic N) is 2. The Labute approximate surface area is 150 Å². The van der Waals surface area contributed by atoms with Crippen LogP contribution in [0, 0.1) is 0 Å². The molecule has 1 amide bonds. The van der Waals surface area contributed by atoms with Gasteiger partial charge >= 0.3 is 0 Å². The van der Waals surface area contributed by atoms with Crippen LogP contribution >= 0.6 is 11.3 Å². The lowest BCUT2D eigenvalue weighted by Crippen LogP contribution is -2.35. The number of H-pyrrole nitrogens is 1. The monoisotopic (exact) mass is 355 g/mol. The van der Waals surface area contributed by atoms with Crippen LogP contribution in [0.2, 0.25) is 0 Å². The minimum Gasteiger partial charge on any atom is -0.361 e. The first-order chi connectivity index (χ1) is 12.3. The van der Waals surface area contributed by atoms with Crippen LogP contribution in [0.25, 0.3) is 10.9 Å². The minimum absolute atomic E-state index is 0.0150. The highest BCUT2D eigenvalue weighted by molar-refractivity contribution is 7.09. The van der Waals surface area contributed by atoms with Crippen molar-refractivity contribution in [2.24, 2.45) is 5.84 Å². The van der Waals surface area contributed by atoms with Gasteiger partial charge in [0.05, 0.1) is 6.04 Å². The Bertz CT molecular complexity index is 859. The van der Waals surface area contributed by atoms with E-state index in [0.29, 0.717) is 12.3 Å². The van der Waals surface area contributed by atoms with Crippen molar-refractivity contribution in [3.63, 3.8) is 0 Å². The van der Waals surface area contributed by atoms with Gasteiger partial charge in [0.15, 0.2) is 0 Å². The average Bonchev–Trinajstić information content (AvgIpc) is 3.39. The second-order valence-electron chi connectivity index (χ2n) is 6.43. The zero-order valence-electron chi connectivity index (χ0n) is 13.8. The lowest BCUT2D eigenvalue weighted by molar-refractivity contribution is -0.122. The maximum Gasteiger partial charge on any atom is 0.235 e. The number of para-hydroxylation sites is 1. The quantitative estimate of drug-likeness (QED) is 0.373. The number of hydrogen-bond acceptors (Lipinski definition) is 5. The number of nitrogens with one attached hydrogen (secondary N) is 2. The van der Waals surface area contributed by atoms with Gasteiger partial charge < -0.3 is 4.98 Å². The van der Waals surface area contributed by atoms with Gasteiger partial charge in [-0.2, -0.15) is 0 Å². The van der Waals surface area contributed by atoms with E-state index in [1.807, 2.05) is 11.4 Å². The summed E-state index contributed by atoms with van der Waals surface area (Å²) in [6, 6.07) is 8.39. The van der Waals surface area contributed by atoms with Gasteiger partial charge in [-0.15, -0.1) is 11.3 Å². The molecule has 0 bridgehead atoms. The topological polar surface area (TPSA) is 87.0 Å². The van der Waals surface area contributed by atoms with E-state index in [0.717, 1.165) is 24.5 Å². The number of aromatic amines is 1. The number of aromatic nitrogens is 2. The van der Waals surface area contributed by atoms with Crippen molar-refractivity contribution in [3.8, 4) is 0 Å². The predicted octanol–water partition coefficient (Wildman–Crippen LogP) is 2.54. The summed E-state index contributed by atoms with van der Waals surface area (Å²) in [7, 11) is 0. The molecule has 0 radical (unpaired) electrons. The Balaban J connectivity index is 1.56. The molecule has 2 aromatic heterocycles. The molecule has 0 saturated carbocycles. The summed E-state index contributed by atoms with van der Waals surface area (Å²) in [5.74, 6) is 5.60. The molecule has 1 saturated heterocycles. The summed E-state index contributed by atoms with van der Waals surface area (Å²) in [4.78, 5) is 22.0. The Morgan fingerprint density at radius 2 is 2.36 bits per heavy atom. The van der Waals surface area contributed by atoms with Crippen LogP contribution in [0.1, 0.15) is 35.4 Å². The highest BCUT2D eigenvalue weighted by Gasteiger charge is 2.33. The van der Waals surface area contributed by atoms with E-state index in [1.165, 1.54) is 16.5 Å². The molecule has 6 nitrogen and oxygen atoms in total. The molecular formula is C18H21N5OS. The zero-order chi connectivity index (χ0) is 17.2. The summed E-state index contributed by atoms with van der Waals surface area (Å²) in [5.41, 5.74) is 4.79. The number of fused-ring (bicyclic) bond motifs is 1. The zero-order valence-corrected chi connectivity index (χ0v) is 14.6. The third-order valence-corrected chi connectivity index (χ3v) is 5.87. The van der Waals surface area contributed by atoms with Crippen LogP contribution in [0.4, 0.5) is 0 Å². The molecule has 7 heteroatoms. The first kappa shape index (κ1) is 16.3. The molecule has 2 unspecified atom stereocenters. The van der Waals surface area contributed by atoms with Crippen molar-refractivity contribution in [2.45, 2.75) is 24.8 Å². The van der Waals surface area contributed by atoms with Gasteiger partial charge in [0, 0.05) is 41.6 Å². The number of carbonyl (C=O) groups is 1. The fraction of sp³-hybridized carbons (Fsp3) is 0.333. The van der Waals surface area contributed by atoms with Crippen molar-refractivity contribution in [1.82, 2.24) is 20.3 Å². The summed E-state index contributed by atoms with van der Waals surface area (Å²) in [5, 5.41) is 4.22. The standard InChI is InChI=1S/C18H21N5OS/c19-22-17(24)9-16(18-20-6-8-25-18)23-7-5-12(11-23)14-10-21-15-4-2-1-3-13(14)15/h1-4,6,8,10,12,16,21H,5,7,9,11,19H2,(H,22,24). The third kappa shape index (κ3) is 3.18. The SMILES string of the molecule is NNC(=O)CC(c1nccs1)N1CCC(c2c[nH]c3ccccc23)C1. The summed E-state index contributed by atoms with van der Waals surface area (Å²) in [6.07, 6.45) is 5.34. The van der Waals surface area contributed by atoms with E-state index in [1.54, 1.807) is 17.5 Å². The Hall–Kier alpha value is -2.22. The molecule has 3 heterocycles. The Morgan fingerprint density at radius 3 is 3.16 bits per heavy atom. The molecule has 4 rings (SSSR count). The fourth-order valence-electron chi connectivity index (χ4n) is 3.76. The van der Waals surface area contributed by atoms with E-state index in [2.05, 4.69) is 44.7 Å². The first-order valence-corrected chi connectivity index (χ1v) is 9.33. The minimum atomic E-state index is -0.157. The lowest BCUT2D eigenvalue weighted by Gasteiger charge is -2.25. The van der Waals surface area contributed by atoms with Crippen molar-refractivity contribution in [2.75, 3.05) is 13.1 Å². The Morgan fingerprint density at radius 1 is 1.48 bits per heavy atom. The molecule has 130 valence electrons. The number of thiazole rings is 1. The number of amides is 1. The highest BCUT2D eigenvalue weighted by Crippen LogP contribution is 2.37. The van der Waals surface area contributed by atoms with Crippen molar-refractivity contribution >= 4 is 28.1 Å². The lowest BCUT2D eigenvalue weighted by atomic mass is 9.98. The second-order valence-corrected chi connectivity index (χ2v) is 7.35. The smallest absolute Gasteiger partial charge is 0.235 e. The van der Waals surface area contributed by atoms with E-state index in [9.17, 15) is 4.79 Å². The average molecular weight is 355 g/mol. The summed E-state index contributed by atoms with van der Waals surface area (Å²) < 4.78 is 0. The van der Waals surface area contributed by atoms with E-state index in [4.69, 9.17) is 5.84 Å². The molecule has 1 aliphatic rings. The third-order valence-electron chi connectivity index (χ3n) is 5.00. The molecule has 1 aliphatic heterocycles. The molecule has 1 fully saturated rings. The van der Waals surface area contributed by atoms with Crippen molar-refractivity contribution in [3.05, 3.63) is 52.6 Å². The summed E-state index contributed by atoms with van der Waals surface area (Å²) in [6.45, 7) is 1.87. The van der Waals surface area contributed by atoms with Gasteiger partial charge in [0.1, 0.15) is 5.01 Å². The first-order valence-electron chi connectivity index (χ1n) is 8.45. The highest BCUT2D eigenvalue weighted by atomic mass is 32.1. The van der Waals surface area contributed by atoms with E-state index < -0.39 is 0 Å². The number of hydrogen-bond donors (Lipinski definition) is 3. The number of benzene rings is 1. The van der Waals surface area contributed by atoms with Gasteiger partial charge in [0.2, 0.25) is 5.91 Å². The van der Waals surface area contributed by atoms with Gasteiger partial charge in [-0.3, -0.25) is 15.1 Å². The number of hydrazine groups is 1. The molecular weight excluding hydrogens is 334 g/mol. The van der Waals surface area contributed by atoms with Gasteiger partial charge in [0.25, 0.3) is 0 Å². The predicted molar refractivity (Wildman–Crippen MR) is 99.0 cm³/mol. The number of carbonyl (C=O) groups excluding carboxylic acids is 1. The van der Waals surface area contributed by atoms with Gasteiger partial charge in [-0.25, -0.2) is 10.8 Å². The van der Waals surface area contributed by atoms with Crippen molar-refractivity contribution in [1.29, 1.82) is 0 Å².